The first-order valence-electron chi connectivity index (χ1n) is 23.2. The lowest BCUT2D eigenvalue weighted by atomic mass is 10.0. The fraction of sp³-hybridized carbons (Fsp3) is 0.956. The fourth-order valence-corrected chi connectivity index (χ4v) is 7.45. The van der Waals surface area contributed by atoms with E-state index in [0.29, 0.717) is 19.4 Å². The number of phosphoric ester groups is 1. The van der Waals surface area contributed by atoms with Gasteiger partial charge < -0.3 is 19.7 Å². The summed E-state index contributed by atoms with van der Waals surface area (Å²) in [4.78, 5) is 35.4. The molecule has 0 rings (SSSR count). The minimum atomic E-state index is -4.39. The Labute approximate surface area is 339 Å². The second kappa shape index (κ2) is 38.5. The lowest BCUT2D eigenvalue weighted by Crippen LogP contribution is -2.37. The Kier molecular flexibility index (Phi) is 37.8. The molecule has 0 aromatic rings. The number of carbonyl (C=O) groups is 2. The highest BCUT2D eigenvalue weighted by Crippen LogP contribution is 2.43. The van der Waals surface area contributed by atoms with Crippen molar-refractivity contribution in [2.75, 3.05) is 26.4 Å². The van der Waals surface area contributed by atoms with Gasteiger partial charge in [0.2, 0.25) is 0 Å². The van der Waals surface area contributed by atoms with Gasteiger partial charge in [0, 0.05) is 24.9 Å². The number of phosphoric acid groups is 1. The Morgan fingerprint density at radius 2 is 0.873 bits per heavy atom. The van der Waals surface area contributed by atoms with Gasteiger partial charge in [-0.1, -0.05) is 194 Å². The number of hydrogen-bond acceptors (Lipinski definition) is 8. The Bertz CT molecular complexity index is 912. The predicted octanol–water partition coefficient (Wildman–Crippen LogP) is 13.5. The van der Waals surface area contributed by atoms with Crippen LogP contribution < -0.4 is 5.32 Å². The van der Waals surface area contributed by atoms with Gasteiger partial charge in [-0.15, -0.1) is 0 Å². The van der Waals surface area contributed by atoms with E-state index in [0.717, 1.165) is 32.1 Å². The summed E-state index contributed by atoms with van der Waals surface area (Å²) in [5, 5.41) is 3.18. The van der Waals surface area contributed by atoms with Gasteiger partial charge in [0.05, 0.1) is 13.2 Å². The average Bonchev–Trinajstić information content (AvgIpc) is 3.14. The lowest BCUT2D eigenvalue weighted by Gasteiger charge is -2.22. The van der Waals surface area contributed by atoms with Crippen molar-refractivity contribution in [3.8, 4) is 0 Å². The normalized spacial score (nSPS) is 13.5. The van der Waals surface area contributed by atoms with Crippen LogP contribution in [0.15, 0.2) is 0 Å². The van der Waals surface area contributed by atoms with E-state index in [2.05, 4.69) is 19.2 Å². The highest BCUT2D eigenvalue weighted by molar-refractivity contribution is 7.47. The summed E-state index contributed by atoms with van der Waals surface area (Å²) < 4.78 is 33.8. The molecule has 0 bridgehead atoms. The van der Waals surface area contributed by atoms with Gasteiger partial charge in [-0.25, -0.2) is 4.57 Å². The Balaban J connectivity index is 4.33. The van der Waals surface area contributed by atoms with E-state index < -0.39 is 26.5 Å². The number of esters is 2. The number of nitrogens with one attached hydrogen (secondary N) is 1. The molecule has 0 saturated heterocycles. The van der Waals surface area contributed by atoms with Gasteiger partial charge in [-0.3, -0.25) is 18.6 Å². The van der Waals surface area contributed by atoms with E-state index in [1.807, 2.05) is 20.8 Å². The summed E-state index contributed by atoms with van der Waals surface area (Å²) >= 11 is 0. The summed E-state index contributed by atoms with van der Waals surface area (Å²) in [5.41, 5.74) is -0.161. The average molecular weight is 804 g/mol. The third-order valence-electron chi connectivity index (χ3n) is 10.1. The zero-order chi connectivity index (χ0) is 40.7. The molecule has 55 heavy (non-hydrogen) atoms. The second-order valence-corrected chi connectivity index (χ2v) is 18.4. The topological polar surface area (TPSA) is 120 Å². The van der Waals surface area contributed by atoms with Crippen LogP contribution >= 0.6 is 7.82 Å². The molecule has 0 fully saturated rings. The lowest BCUT2D eigenvalue weighted by molar-refractivity contribution is -0.161. The molecule has 2 N–H and O–H groups in total. The van der Waals surface area contributed by atoms with Crippen molar-refractivity contribution in [3.63, 3.8) is 0 Å². The fourth-order valence-electron chi connectivity index (χ4n) is 6.70. The third-order valence-corrected chi connectivity index (χ3v) is 11.1. The van der Waals surface area contributed by atoms with Crippen LogP contribution in [0.4, 0.5) is 0 Å². The van der Waals surface area contributed by atoms with Crippen LogP contribution in [0.3, 0.4) is 0 Å². The maximum Gasteiger partial charge on any atom is 0.472 e. The van der Waals surface area contributed by atoms with Gasteiger partial charge >= 0.3 is 19.8 Å². The summed E-state index contributed by atoms with van der Waals surface area (Å²) in [5.74, 6) is -0.792. The van der Waals surface area contributed by atoms with E-state index in [-0.39, 0.29) is 31.1 Å². The highest BCUT2D eigenvalue weighted by atomic mass is 31.2. The van der Waals surface area contributed by atoms with Crippen LogP contribution in [0, 0.1) is 0 Å². The van der Waals surface area contributed by atoms with Crippen LogP contribution in [-0.2, 0) is 32.7 Å². The molecule has 9 nitrogen and oxygen atoms in total. The molecule has 0 heterocycles. The van der Waals surface area contributed by atoms with Crippen molar-refractivity contribution in [2.24, 2.45) is 0 Å². The first-order chi connectivity index (χ1) is 26.5. The van der Waals surface area contributed by atoms with Crippen LogP contribution in [0.25, 0.3) is 0 Å². The monoisotopic (exact) mass is 804 g/mol. The first kappa shape index (κ1) is 54.0. The van der Waals surface area contributed by atoms with Crippen molar-refractivity contribution < 1.29 is 37.6 Å². The van der Waals surface area contributed by atoms with Gasteiger partial charge in [0.1, 0.15) is 6.61 Å². The molecular formula is C45H90NO8P. The van der Waals surface area contributed by atoms with E-state index >= 15 is 0 Å². The minimum Gasteiger partial charge on any atom is -0.462 e. The van der Waals surface area contributed by atoms with E-state index in [1.165, 1.54) is 154 Å². The molecule has 0 aromatic heterocycles. The first-order valence-corrected chi connectivity index (χ1v) is 24.7. The van der Waals surface area contributed by atoms with Crippen LogP contribution in [0.1, 0.15) is 240 Å². The standard InChI is InChI=1S/C45H90NO8P/c1-6-8-10-12-14-16-18-20-22-24-26-28-30-32-34-36-43(47)51-40-42(41-53-55(49,50)52-39-38-46-45(3,4)5)54-44(48)37-35-33-31-29-27-25-23-21-19-17-15-13-11-9-7-2/h42,46H,6-41H2,1-5H3,(H,49,50). The number of unbranched alkanes of at least 4 members (excludes halogenated alkanes) is 28. The number of rotatable bonds is 42. The van der Waals surface area contributed by atoms with Crippen LogP contribution in [0.5, 0.6) is 0 Å². The molecule has 0 aliphatic heterocycles. The summed E-state index contributed by atoms with van der Waals surface area (Å²) in [6.07, 6.45) is 37.0. The summed E-state index contributed by atoms with van der Waals surface area (Å²) in [7, 11) is -4.39. The van der Waals surface area contributed by atoms with Crippen molar-refractivity contribution in [2.45, 2.75) is 252 Å². The Morgan fingerprint density at radius 3 is 1.24 bits per heavy atom. The van der Waals surface area contributed by atoms with Crippen LogP contribution in [-0.4, -0.2) is 54.8 Å². The third kappa shape index (κ3) is 42.4. The zero-order valence-corrected chi connectivity index (χ0v) is 37.7. The number of carbonyl (C=O) groups excluding carboxylic acids is 2. The molecule has 0 radical (unpaired) electrons. The van der Waals surface area contributed by atoms with E-state index in [1.54, 1.807) is 0 Å². The summed E-state index contributed by atoms with van der Waals surface area (Å²) in [6.45, 7) is 10.2. The molecule has 0 aliphatic carbocycles. The quantitative estimate of drug-likeness (QED) is 0.0353. The molecule has 0 spiro atoms. The Morgan fingerprint density at radius 1 is 0.527 bits per heavy atom. The molecule has 0 saturated carbocycles. The molecule has 0 aliphatic rings. The van der Waals surface area contributed by atoms with Crippen molar-refractivity contribution in [1.82, 2.24) is 5.32 Å². The molecular weight excluding hydrogens is 713 g/mol. The molecule has 10 heteroatoms. The minimum absolute atomic E-state index is 0.0249. The molecule has 0 aromatic carbocycles. The van der Waals surface area contributed by atoms with Gasteiger partial charge in [0.25, 0.3) is 0 Å². The second-order valence-electron chi connectivity index (χ2n) is 17.0. The Hall–Kier alpha value is -0.990. The van der Waals surface area contributed by atoms with Crippen LogP contribution in [0.2, 0.25) is 0 Å². The predicted molar refractivity (Wildman–Crippen MR) is 229 cm³/mol. The molecule has 2 atom stereocenters. The smallest absolute Gasteiger partial charge is 0.462 e. The summed E-state index contributed by atoms with van der Waals surface area (Å²) in [6, 6.07) is 0. The van der Waals surface area contributed by atoms with Gasteiger partial charge in [0.15, 0.2) is 6.10 Å². The maximum atomic E-state index is 12.7. The van der Waals surface area contributed by atoms with Gasteiger partial charge in [-0.05, 0) is 33.6 Å². The molecule has 0 amide bonds. The zero-order valence-electron chi connectivity index (χ0n) is 36.8. The SMILES string of the molecule is CCCCCCCCCCCCCCCCCC(=O)OCC(COP(=O)(O)OCCNC(C)(C)C)OC(=O)CCCCCCCCCCCCCCCCC. The highest BCUT2D eigenvalue weighted by Gasteiger charge is 2.26. The number of hydrogen-bond donors (Lipinski definition) is 2. The maximum absolute atomic E-state index is 12.7. The van der Waals surface area contributed by atoms with Gasteiger partial charge in [-0.2, -0.15) is 0 Å². The van der Waals surface area contributed by atoms with E-state index in [9.17, 15) is 19.0 Å². The van der Waals surface area contributed by atoms with E-state index in [4.69, 9.17) is 18.5 Å². The van der Waals surface area contributed by atoms with Crippen molar-refractivity contribution in [3.05, 3.63) is 0 Å². The van der Waals surface area contributed by atoms with Crippen molar-refractivity contribution in [1.29, 1.82) is 0 Å². The molecule has 328 valence electrons. The molecule has 2 unspecified atom stereocenters. The number of ether oxygens (including phenoxy) is 2. The van der Waals surface area contributed by atoms with Crippen molar-refractivity contribution >= 4 is 19.8 Å². The largest absolute Gasteiger partial charge is 0.472 e.